The minimum Gasteiger partial charge on any atom is -0.322 e. The maximum atomic E-state index is 13.1. The fourth-order valence-electron chi connectivity index (χ4n) is 4.16. The predicted octanol–water partition coefficient (Wildman–Crippen LogP) is 6.48. The molecule has 0 atom stereocenters. The van der Waals surface area contributed by atoms with Gasteiger partial charge in [0.2, 0.25) is 0 Å². The van der Waals surface area contributed by atoms with E-state index in [1.165, 1.54) is 24.3 Å². The lowest BCUT2D eigenvalue weighted by molar-refractivity contribution is 0.102. The quantitative estimate of drug-likeness (QED) is 0.259. The summed E-state index contributed by atoms with van der Waals surface area (Å²) in [5.74, 6) is -0.639. The summed E-state index contributed by atoms with van der Waals surface area (Å²) in [5.41, 5.74) is 4.00. The molecule has 4 nitrogen and oxygen atoms in total. The van der Waals surface area contributed by atoms with Crippen LogP contribution in [0, 0.1) is 5.82 Å². The summed E-state index contributed by atoms with van der Waals surface area (Å²) >= 11 is 0. The average molecular weight is 417 g/mol. The summed E-state index contributed by atoms with van der Waals surface area (Å²) < 4.78 is 13.1. The first-order chi connectivity index (χ1) is 15.7. The van der Waals surface area contributed by atoms with Crippen LogP contribution in [0.1, 0.15) is 10.4 Å². The Morgan fingerprint density at radius 1 is 0.656 bits per heavy atom. The highest BCUT2D eigenvalue weighted by Crippen LogP contribution is 2.34. The van der Waals surface area contributed by atoms with E-state index in [1.807, 2.05) is 30.3 Å². The molecule has 0 bridgehead atoms. The second-order valence-electron chi connectivity index (χ2n) is 7.68. The number of nitrogens with one attached hydrogen (secondary N) is 1. The third-order valence-corrected chi connectivity index (χ3v) is 5.68. The van der Waals surface area contributed by atoms with Gasteiger partial charge in [-0.15, -0.1) is 0 Å². The molecule has 32 heavy (non-hydrogen) atoms. The SMILES string of the molecule is O=C(Nc1ccc(F)cc1)c1ccc2nc3c4ccccc4c4ccccc4c3nc2c1. The molecule has 1 amide bonds. The van der Waals surface area contributed by atoms with E-state index < -0.39 is 0 Å². The monoisotopic (exact) mass is 417 g/mol. The molecule has 6 rings (SSSR count). The number of rotatable bonds is 2. The van der Waals surface area contributed by atoms with Gasteiger partial charge in [-0.1, -0.05) is 48.5 Å². The Morgan fingerprint density at radius 2 is 1.22 bits per heavy atom. The number of anilines is 1. The van der Waals surface area contributed by atoms with Gasteiger partial charge in [0, 0.05) is 22.0 Å². The first kappa shape index (κ1) is 18.4. The number of nitrogens with zero attached hydrogens (tertiary/aromatic N) is 2. The van der Waals surface area contributed by atoms with Gasteiger partial charge < -0.3 is 5.32 Å². The minimum atomic E-state index is -0.351. The summed E-state index contributed by atoms with van der Waals surface area (Å²) in [7, 11) is 0. The van der Waals surface area contributed by atoms with Crippen molar-refractivity contribution >= 4 is 55.2 Å². The zero-order valence-electron chi connectivity index (χ0n) is 16.8. The van der Waals surface area contributed by atoms with E-state index in [4.69, 9.17) is 9.97 Å². The van der Waals surface area contributed by atoms with Gasteiger partial charge >= 0.3 is 0 Å². The second-order valence-corrected chi connectivity index (χ2v) is 7.68. The zero-order chi connectivity index (χ0) is 21.7. The molecule has 0 aliphatic rings. The number of hydrogen-bond donors (Lipinski definition) is 1. The number of hydrogen-bond acceptors (Lipinski definition) is 3. The van der Waals surface area contributed by atoms with Gasteiger partial charge in [-0.05, 0) is 53.2 Å². The summed E-state index contributed by atoms with van der Waals surface area (Å²) in [6.45, 7) is 0. The maximum Gasteiger partial charge on any atom is 0.255 e. The molecule has 5 aromatic carbocycles. The molecule has 0 saturated carbocycles. The van der Waals surface area contributed by atoms with E-state index in [1.54, 1.807) is 12.1 Å². The molecule has 5 heteroatoms. The van der Waals surface area contributed by atoms with Crippen LogP contribution in [0.15, 0.2) is 91.0 Å². The zero-order valence-corrected chi connectivity index (χ0v) is 16.8. The van der Waals surface area contributed by atoms with Crippen LogP contribution in [0.3, 0.4) is 0 Å². The molecule has 0 aliphatic carbocycles. The van der Waals surface area contributed by atoms with Crippen molar-refractivity contribution in [1.82, 2.24) is 9.97 Å². The second kappa shape index (κ2) is 7.10. The Morgan fingerprint density at radius 3 is 1.84 bits per heavy atom. The third-order valence-electron chi connectivity index (χ3n) is 5.68. The number of carbonyl (C=O) groups excluding carboxylic acids is 1. The van der Waals surface area contributed by atoms with Crippen molar-refractivity contribution in [2.24, 2.45) is 0 Å². The van der Waals surface area contributed by atoms with Gasteiger partial charge in [-0.2, -0.15) is 0 Å². The molecular formula is C27H16FN3O. The van der Waals surface area contributed by atoms with Crippen LogP contribution in [-0.2, 0) is 0 Å². The van der Waals surface area contributed by atoms with Crippen molar-refractivity contribution in [1.29, 1.82) is 0 Å². The molecule has 1 aromatic heterocycles. The Hall–Kier alpha value is -4.38. The van der Waals surface area contributed by atoms with Crippen LogP contribution in [0.2, 0.25) is 0 Å². The maximum absolute atomic E-state index is 13.1. The van der Waals surface area contributed by atoms with E-state index in [-0.39, 0.29) is 11.7 Å². The van der Waals surface area contributed by atoms with Crippen LogP contribution in [0.5, 0.6) is 0 Å². The molecule has 0 saturated heterocycles. The van der Waals surface area contributed by atoms with E-state index in [0.717, 1.165) is 38.1 Å². The molecule has 1 heterocycles. The summed E-state index contributed by atoms with van der Waals surface area (Å²) in [5, 5.41) is 7.12. The molecule has 0 radical (unpaired) electrons. The van der Waals surface area contributed by atoms with Crippen LogP contribution in [-0.4, -0.2) is 15.9 Å². The first-order valence-electron chi connectivity index (χ1n) is 10.3. The van der Waals surface area contributed by atoms with Crippen LogP contribution >= 0.6 is 0 Å². The van der Waals surface area contributed by atoms with Crippen molar-refractivity contribution in [3.63, 3.8) is 0 Å². The van der Waals surface area contributed by atoms with Gasteiger partial charge in [0.25, 0.3) is 5.91 Å². The number of benzene rings is 5. The van der Waals surface area contributed by atoms with Crippen molar-refractivity contribution < 1.29 is 9.18 Å². The number of carbonyl (C=O) groups is 1. The van der Waals surface area contributed by atoms with E-state index in [2.05, 4.69) is 29.6 Å². The fourth-order valence-corrected chi connectivity index (χ4v) is 4.16. The van der Waals surface area contributed by atoms with Gasteiger partial charge in [0.1, 0.15) is 5.82 Å². The van der Waals surface area contributed by atoms with E-state index in [0.29, 0.717) is 16.8 Å². The van der Waals surface area contributed by atoms with Crippen molar-refractivity contribution in [2.45, 2.75) is 0 Å². The van der Waals surface area contributed by atoms with E-state index in [9.17, 15) is 9.18 Å². The highest BCUT2D eigenvalue weighted by molar-refractivity contribution is 6.23. The molecular weight excluding hydrogens is 401 g/mol. The molecule has 152 valence electrons. The minimum absolute atomic E-state index is 0.288. The molecule has 0 fully saturated rings. The number of fused-ring (bicyclic) bond motifs is 7. The van der Waals surface area contributed by atoms with Gasteiger partial charge in [0.05, 0.1) is 22.1 Å². The van der Waals surface area contributed by atoms with Crippen molar-refractivity contribution in [2.75, 3.05) is 5.32 Å². The number of amides is 1. The summed E-state index contributed by atoms with van der Waals surface area (Å²) in [6, 6.07) is 27.3. The van der Waals surface area contributed by atoms with Crippen molar-refractivity contribution in [3.05, 3.63) is 102 Å². The Labute approximate surface area is 182 Å². The molecule has 1 N–H and O–H groups in total. The molecule has 0 aliphatic heterocycles. The summed E-state index contributed by atoms with van der Waals surface area (Å²) in [6.07, 6.45) is 0. The average Bonchev–Trinajstić information content (AvgIpc) is 2.84. The first-order valence-corrected chi connectivity index (χ1v) is 10.3. The summed E-state index contributed by atoms with van der Waals surface area (Å²) in [4.78, 5) is 22.6. The van der Waals surface area contributed by atoms with E-state index >= 15 is 0 Å². The standard InChI is InChI=1S/C27H16FN3O/c28-17-10-12-18(13-11-17)29-27(32)16-9-14-23-24(15-16)31-26-22-8-4-2-6-20(22)19-5-1-3-7-21(19)25(26)30-23/h1-15H,(H,29,32). The van der Waals surface area contributed by atoms with Crippen LogP contribution in [0.25, 0.3) is 43.6 Å². The lowest BCUT2D eigenvalue weighted by Gasteiger charge is -2.11. The fraction of sp³-hybridized carbons (Fsp3) is 0. The van der Waals surface area contributed by atoms with Gasteiger partial charge in [-0.25, -0.2) is 14.4 Å². The third kappa shape index (κ3) is 2.94. The lowest BCUT2D eigenvalue weighted by Crippen LogP contribution is -2.11. The smallest absolute Gasteiger partial charge is 0.255 e. The Balaban J connectivity index is 1.53. The highest BCUT2D eigenvalue weighted by atomic mass is 19.1. The van der Waals surface area contributed by atoms with Crippen LogP contribution < -0.4 is 5.32 Å². The van der Waals surface area contributed by atoms with Crippen molar-refractivity contribution in [3.8, 4) is 0 Å². The lowest BCUT2D eigenvalue weighted by atomic mass is 9.99. The molecule has 6 aromatic rings. The molecule has 0 unspecified atom stereocenters. The Kier molecular flexibility index (Phi) is 4.08. The number of aromatic nitrogens is 2. The predicted molar refractivity (Wildman–Crippen MR) is 126 cm³/mol. The Bertz CT molecular complexity index is 1680. The topological polar surface area (TPSA) is 54.9 Å². The van der Waals surface area contributed by atoms with Crippen LogP contribution in [0.4, 0.5) is 10.1 Å². The highest BCUT2D eigenvalue weighted by Gasteiger charge is 2.13. The molecule has 0 spiro atoms. The largest absolute Gasteiger partial charge is 0.322 e. The van der Waals surface area contributed by atoms with Gasteiger partial charge in [-0.3, -0.25) is 4.79 Å². The number of halogens is 1. The normalized spacial score (nSPS) is 11.4. The van der Waals surface area contributed by atoms with Gasteiger partial charge in [0.15, 0.2) is 0 Å².